The summed E-state index contributed by atoms with van der Waals surface area (Å²) in [5, 5.41) is 8.71. The number of esters is 1. The van der Waals surface area contributed by atoms with Crippen LogP contribution in [0.15, 0.2) is 48.7 Å². The Bertz CT molecular complexity index is 1690. The fourth-order valence-corrected chi connectivity index (χ4v) is 6.30. The Hall–Kier alpha value is -3.86. The molecule has 6 bridgehead atoms. The van der Waals surface area contributed by atoms with Gasteiger partial charge < -0.3 is 24.4 Å². The Morgan fingerprint density at radius 3 is 2.64 bits per heavy atom. The summed E-state index contributed by atoms with van der Waals surface area (Å²) >= 11 is 0. The second kappa shape index (κ2) is 12.5. The van der Waals surface area contributed by atoms with Gasteiger partial charge in [-0.3, -0.25) is 4.98 Å². The van der Waals surface area contributed by atoms with Crippen molar-refractivity contribution in [1.82, 2.24) is 24.9 Å². The molecule has 1 N–H and O–H groups in total. The molecule has 45 heavy (non-hydrogen) atoms. The molecule has 1 fully saturated rings. The molecule has 3 aliphatic heterocycles. The minimum Gasteiger partial charge on any atom is -0.467 e. The highest BCUT2D eigenvalue weighted by Gasteiger charge is 2.38. The molecule has 1 aromatic carbocycles. The van der Waals surface area contributed by atoms with Gasteiger partial charge in [0.1, 0.15) is 5.82 Å². The Kier molecular flexibility index (Phi) is 8.65. The Morgan fingerprint density at radius 2 is 1.89 bits per heavy atom. The van der Waals surface area contributed by atoms with E-state index in [1.54, 1.807) is 0 Å². The second-order valence-corrected chi connectivity index (χ2v) is 13.3. The van der Waals surface area contributed by atoms with E-state index in [-0.39, 0.29) is 5.60 Å². The van der Waals surface area contributed by atoms with Gasteiger partial charge in [-0.15, -0.1) is 0 Å². The first-order chi connectivity index (χ1) is 21.5. The molecule has 0 radical (unpaired) electrons. The smallest absolute Gasteiger partial charge is 0.339 e. The van der Waals surface area contributed by atoms with Crippen LogP contribution in [0.1, 0.15) is 70.0 Å². The minimum atomic E-state index is -0.972. The van der Waals surface area contributed by atoms with Crippen molar-refractivity contribution in [2.75, 3.05) is 38.3 Å². The number of benzene rings is 1. The lowest BCUT2D eigenvalue weighted by molar-refractivity contribution is -0.164. The maximum atomic E-state index is 13.3. The van der Waals surface area contributed by atoms with Crippen molar-refractivity contribution in [1.29, 1.82) is 0 Å². The highest BCUT2D eigenvalue weighted by molar-refractivity contribution is 5.81. The van der Waals surface area contributed by atoms with Crippen molar-refractivity contribution >= 4 is 17.4 Å². The van der Waals surface area contributed by atoms with Gasteiger partial charge in [0, 0.05) is 55.3 Å². The standard InChI is InChI=1S/C35H44N6O4/c1-23-30(31(33(42)43-6)45-34(2,3)4)32-40-17-13-35(5,14-18-40)44-19-9-15-36-22-28-26(12-8-16-37-28)24-10-7-11-25(20-24)27-21-29(38-23)41(32)39-27/h7-8,10-12,16,20-21,31,36H,9,13-15,17-19,22H2,1-6H3. The summed E-state index contributed by atoms with van der Waals surface area (Å²) in [7, 11) is 1.39. The molecule has 4 aromatic rings. The van der Waals surface area contributed by atoms with Crippen LogP contribution < -0.4 is 10.2 Å². The van der Waals surface area contributed by atoms with Gasteiger partial charge in [-0.1, -0.05) is 24.3 Å². The molecule has 1 saturated heterocycles. The summed E-state index contributed by atoms with van der Waals surface area (Å²) in [4.78, 5) is 25.3. The topological polar surface area (TPSA) is 103 Å². The lowest BCUT2D eigenvalue weighted by Crippen LogP contribution is -2.46. The van der Waals surface area contributed by atoms with Gasteiger partial charge in [-0.05, 0) is 78.1 Å². The molecule has 10 heteroatoms. The van der Waals surface area contributed by atoms with E-state index in [1.165, 1.54) is 7.11 Å². The molecule has 0 spiro atoms. The number of methoxy groups -OCH3 is 1. The van der Waals surface area contributed by atoms with Crippen LogP contribution in [-0.2, 0) is 25.5 Å². The van der Waals surface area contributed by atoms with Crippen LogP contribution in [0.5, 0.6) is 0 Å². The zero-order chi connectivity index (χ0) is 31.8. The second-order valence-electron chi connectivity index (χ2n) is 13.3. The molecular weight excluding hydrogens is 568 g/mol. The van der Waals surface area contributed by atoms with Crippen LogP contribution in [-0.4, -0.2) is 70.1 Å². The number of aryl methyl sites for hydroxylation is 1. The monoisotopic (exact) mass is 612 g/mol. The maximum Gasteiger partial charge on any atom is 0.339 e. The van der Waals surface area contributed by atoms with E-state index in [0.29, 0.717) is 30.1 Å². The molecule has 0 amide bonds. The van der Waals surface area contributed by atoms with Crippen molar-refractivity contribution in [3.63, 3.8) is 0 Å². The predicted molar refractivity (Wildman–Crippen MR) is 174 cm³/mol. The van der Waals surface area contributed by atoms with E-state index >= 15 is 0 Å². The molecule has 6 heterocycles. The number of hydrogen-bond donors (Lipinski definition) is 1. The molecule has 3 aromatic heterocycles. The van der Waals surface area contributed by atoms with Crippen LogP contribution in [0, 0.1) is 6.92 Å². The normalized spacial score (nSPS) is 17.8. The summed E-state index contributed by atoms with van der Waals surface area (Å²) in [6.45, 7) is 13.6. The summed E-state index contributed by atoms with van der Waals surface area (Å²) in [6, 6.07) is 14.5. The molecule has 3 aliphatic rings. The number of hydrogen-bond acceptors (Lipinski definition) is 9. The average molecular weight is 613 g/mol. The summed E-state index contributed by atoms with van der Waals surface area (Å²) < 4.78 is 20.1. The van der Waals surface area contributed by atoms with E-state index in [9.17, 15) is 4.79 Å². The van der Waals surface area contributed by atoms with Gasteiger partial charge in [0.15, 0.2) is 11.8 Å². The molecule has 238 valence electrons. The number of aromatic nitrogens is 4. The Labute approximate surface area is 265 Å². The molecule has 0 aliphatic carbocycles. The van der Waals surface area contributed by atoms with Crippen LogP contribution in [0.2, 0.25) is 0 Å². The first kappa shape index (κ1) is 31.1. The van der Waals surface area contributed by atoms with E-state index < -0.39 is 17.7 Å². The Balaban J connectivity index is 1.54. The largest absolute Gasteiger partial charge is 0.467 e. The van der Waals surface area contributed by atoms with E-state index in [0.717, 1.165) is 72.8 Å². The van der Waals surface area contributed by atoms with Gasteiger partial charge in [-0.2, -0.15) is 9.61 Å². The molecular formula is C35H44N6O4. The van der Waals surface area contributed by atoms with Crippen LogP contribution in [0.25, 0.3) is 28.0 Å². The molecule has 0 saturated carbocycles. The summed E-state index contributed by atoms with van der Waals surface area (Å²) in [5.74, 6) is 0.338. The quantitative estimate of drug-likeness (QED) is 0.294. The van der Waals surface area contributed by atoms with Crippen LogP contribution >= 0.6 is 0 Å². The number of anilines is 1. The van der Waals surface area contributed by atoms with Crippen molar-refractivity contribution in [3.05, 3.63) is 65.6 Å². The van der Waals surface area contributed by atoms with Crippen LogP contribution in [0.3, 0.4) is 0 Å². The predicted octanol–water partition coefficient (Wildman–Crippen LogP) is 5.66. The first-order valence-corrected chi connectivity index (χ1v) is 15.9. The van der Waals surface area contributed by atoms with Crippen molar-refractivity contribution < 1.29 is 19.0 Å². The third-order valence-corrected chi connectivity index (χ3v) is 8.67. The molecule has 1 unspecified atom stereocenters. The fraction of sp³-hybridized carbons (Fsp3) is 0.486. The highest BCUT2D eigenvalue weighted by atomic mass is 16.6. The third kappa shape index (κ3) is 6.59. The van der Waals surface area contributed by atoms with Gasteiger partial charge in [0.05, 0.1) is 35.3 Å². The average Bonchev–Trinajstić information content (AvgIpc) is 3.44. The van der Waals surface area contributed by atoms with Gasteiger partial charge in [-0.25, -0.2) is 9.78 Å². The number of piperidine rings is 1. The molecule has 10 nitrogen and oxygen atoms in total. The number of nitrogens with one attached hydrogen (secondary N) is 1. The number of ether oxygens (including phenoxy) is 3. The van der Waals surface area contributed by atoms with Crippen LogP contribution in [0.4, 0.5) is 5.82 Å². The lowest BCUT2D eigenvalue weighted by Gasteiger charge is -2.41. The first-order valence-electron chi connectivity index (χ1n) is 15.9. The zero-order valence-corrected chi connectivity index (χ0v) is 27.2. The van der Waals surface area contributed by atoms with E-state index in [1.807, 2.05) is 50.5 Å². The fourth-order valence-electron chi connectivity index (χ4n) is 6.30. The van der Waals surface area contributed by atoms with Gasteiger partial charge in [0.2, 0.25) is 0 Å². The maximum absolute atomic E-state index is 13.3. The molecule has 1 atom stereocenters. The third-order valence-electron chi connectivity index (χ3n) is 8.67. The van der Waals surface area contributed by atoms with Crippen molar-refractivity contribution in [2.24, 2.45) is 0 Å². The van der Waals surface area contributed by atoms with Crippen molar-refractivity contribution in [2.45, 2.75) is 77.7 Å². The SMILES string of the molecule is COC(=O)C(OC(C)(C)C)c1c(C)nc2cc3nn2c1N1CCC(C)(CC1)OCCCNCc1ncccc1-c1cccc-3c1. The highest BCUT2D eigenvalue weighted by Crippen LogP contribution is 2.39. The Morgan fingerprint density at radius 1 is 1.11 bits per heavy atom. The van der Waals surface area contributed by atoms with Gasteiger partial charge in [0.25, 0.3) is 0 Å². The van der Waals surface area contributed by atoms with Gasteiger partial charge >= 0.3 is 5.97 Å². The summed E-state index contributed by atoms with van der Waals surface area (Å²) in [6.07, 6.45) is 3.45. The number of pyridine rings is 1. The number of carbonyl (C=O) groups excluding carboxylic acids is 1. The lowest BCUT2D eigenvalue weighted by atomic mass is 9.92. The van der Waals surface area contributed by atoms with Crippen molar-refractivity contribution in [3.8, 4) is 22.4 Å². The molecule has 7 rings (SSSR count). The number of carbonyl (C=O) groups is 1. The summed E-state index contributed by atoms with van der Waals surface area (Å²) in [5.41, 5.74) is 6.15. The van der Waals surface area contributed by atoms with E-state index in [2.05, 4.69) is 47.5 Å². The number of nitrogens with zero attached hydrogens (tertiary/aromatic N) is 5. The van der Waals surface area contributed by atoms with E-state index in [4.69, 9.17) is 29.3 Å². The number of fused-ring (bicyclic) bond motifs is 7. The number of rotatable bonds is 3. The minimum absolute atomic E-state index is 0.243. The zero-order valence-electron chi connectivity index (χ0n) is 27.2.